The van der Waals surface area contributed by atoms with Crippen LogP contribution in [0.25, 0.3) is 0 Å². The minimum atomic E-state index is -0.165. The van der Waals surface area contributed by atoms with E-state index in [2.05, 4.69) is 16.3 Å². The largest absolute Gasteiger partial charge is 0.495 e. The molecule has 0 aliphatic carbocycles. The van der Waals surface area contributed by atoms with Gasteiger partial charge in [0.1, 0.15) is 11.6 Å². The maximum atomic E-state index is 12.9. The first-order valence-corrected chi connectivity index (χ1v) is 8.61. The summed E-state index contributed by atoms with van der Waals surface area (Å²) >= 11 is 0. The van der Waals surface area contributed by atoms with Crippen molar-refractivity contribution in [3.63, 3.8) is 0 Å². The molecule has 0 radical (unpaired) electrons. The van der Waals surface area contributed by atoms with Gasteiger partial charge in [0.2, 0.25) is 0 Å². The summed E-state index contributed by atoms with van der Waals surface area (Å²) in [6, 6.07) is 15.4. The summed E-state index contributed by atoms with van der Waals surface area (Å²) in [4.78, 5) is 2.49. The van der Waals surface area contributed by atoms with Crippen molar-refractivity contribution in [2.45, 2.75) is 25.3 Å². The predicted octanol–water partition coefficient (Wildman–Crippen LogP) is 3.95. The van der Waals surface area contributed by atoms with E-state index >= 15 is 0 Å². The van der Waals surface area contributed by atoms with Crippen molar-refractivity contribution < 1.29 is 9.13 Å². The van der Waals surface area contributed by atoms with Gasteiger partial charge >= 0.3 is 0 Å². The fourth-order valence-corrected chi connectivity index (χ4v) is 3.22. The lowest BCUT2D eigenvalue weighted by Gasteiger charge is -2.33. The van der Waals surface area contributed by atoms with Crippen LogP contribution in [0.15, 0.2) is 48.5 Å². The summed E-state index contributed by atoms with van der Waals surface area (Å²) in [6.07, 6.45) is 3.23. The zero-order valence-corrected chi connectivity index (χ0v) is 14.2. The van der Waals surface area contributed by atoms with Crippen LogP contribution in [0.5, 0.6) is 5.75 Å². The Labute approximate surface area is 143 Å². The Balaban J connectivity index is 1.44. The quantitative estimate of drug-likeness (QED) is 0.869. The normalized spacial score (nSPS) is 16.1. The molecule has 24 heavy (non-hydrogen) atoms. The number of methoxy groups -OCH3 is 1. The van der Waals surface area contributed by atoms with Gasteiger partial charge in [0.05, 0.1) is 12.8 Å². The molecule has 1 saturated heterocycles. The van der Waals surface area contributed by atoms with Gasteiger partial charge in [-0.15, -0.1) is 0 Å². The lowest BCUT2D eigenvalue weighted by molar-refractivity contribution is 0.221. The minimum Gasteiger partial charge on any atom is -0.495 e. The van der Waals surface area contributed by atoms with E-state index in [1.165, 1.54) is 5.56 Å². The van der Waals surface area contributed by atoms with Crippen LogP contribution in [0.4, 0.5) is 10.1 Å². The van der Waals surface area contributed by atoms with Gasteiger partial charge in [-0.25, -0.2) is 4.39 Å². The topological polar surface area (TPSA) is 24.5 Å². The average molecular weight is 328 g/mol. The van der Waals surface area contributed by atoms with Crippen molar-refractivity contribution in [2.24, 2.45) is 0 Å². The number of para-hydroxylation sites is 2. The summed E-state index contributed by atoms with van der Waals surface area (Å²) in [6.45, 7) is 3.22. The highest BCUT2D eigenvalue weighted by Crippen LogP contribution is 2.26. The molecule has 0 spiro atoms. The van der Waals surface area contributed by atoms with Crippen LogP contribution in [0.3, 0.4) is 0 Å². The first kappa shape index (κ1) is 16.8. The van der Waals surface area contributed by atoms with E-state index in [1.54, 1.807) is 19.2 Å². The number of hydrogen-bond acceptors (Lipinski definition) is 3. The number of benzene rings is 2. The molecule has 0 atom stereocenters. The molecule has 1 fully saturated rings. The molecule has 0 bridgehead atoms. The molecule has 0 unspecified atom stereocenters. The van der Waals surface area contributed by atoms with Gasteiger partial charge in [0, 0.05) is 25.7 Å². The Bertz CT molecular complexity index is 636. The van der Waals surface area contributed by atoms with E-state index in [4.69, 9.17) is 4.74 Å². The molecule has 1 aliphatic heterocycles. The van der Waals surface area contributed by atoms with Crippen molar-refractivity contribution in [2.75, 3.05) is 32.1 Å². The molecule has 0 amide bonds. The molecule has 2 aromatic carbocycles. The van der Waals surface area contributed by atoms with Crippen LogP contribution in [0.1, 0.15) is 18.4 Å². The van der Waals surface area contributed by atoms with E-state index in [0.29, 0.717) is 6.04 Å². The highest BCUT2D eigenvalue weighted by atomic mass is 19.1. The van der Waals surface area contributed by atoms with Gasteiger partial charge in [-0.3, -0.25) is 0 Å². The summed E-state index contributed by atoms with van der Waals surface area (Å²) in [5.74, 6) is 0.734. The van der Waals surface area contributed by atoms with Crippen molar-refractivity contribution in [3.8, 4) is 5.75 Å². The predicted molar refractivity (Wildman–Crippen MR) is 96.2 cm³/mol. The Hall–Kier alpha value is -2.07. The number of piperidine rings is 1. The Morgan fingerprint density at radius 3 is 2.50 bits per heavy atom. The van der Waals surface area contributed by atoms with Gasteiger partial charge in [0.25, 0.3) is 0 Å². The van der Waals surface area contributed by atoms with Crippen LogP contribution >= 0.6 is 0 Å². The zero-order valence-electron chi connectivity index (χ0n) is 14.2. The summed E-state index contributed by atoms with van der Waals surface area (Å²) in [5.41, 5.74) is 2.27. The summed E-state index contributed by atoms with van der Waals surface area (Å²) < 4.78 is 18.3. The van der Waals surface area contributed by atoms with E-state index < -0.39 is 0 Å². The number of nitrogens with zero attached hydrogens (tertiary/aromatic N) is 1. The molecule has 1 heterocycles. The summed E-state index contributed by atoms with van der Waals surface area (Å²) in [5, 5.41) is 3.61. The number of nitrogens with one attached hydrogen (secondary N) is 1. The van der Waals surface area contributed by atoms with Crippen LogP contribution in [-0.4, -0.2) is 37.7 Å². The second-order valence-electron chi connectivity index (χ2n) is 6.34. The lowest BCUT2D eigenvalue weighted by atomic mass is 10.0. The second kappa shape index (κ2) is 8.15. The molecule has 1 aliphatic rings. The Kier molecular flexibility index (Phi) is 5.70. The van der Waals surface area contributed by atoms with Crippen molar-refractivity contribution >= 4 is 5.69 Å². The Morgan fingerprint density at radius 1 is 1.08 bits per heavy atom. The van der Waals surface area contributed by atoms with E-state index in [-0.39, 0.29) is 5.82 Å². The third kappa shape index (κ3) is 4.48. The van der Waals surface area contributed by atoms with Gasteiger partial charge in [-0.2, -0.15) is 0 Å². The van der Waals surface area contributed by atoms with Gasteiger partial charge in [0.15, 0.2) is 0 Å². The molecule has 3 rings (SSSR count). The smallest absolute Gasteiger partial charge is 0.141 e. The number of ether oxygens (including phenoxy) is 1. The van der Waals surface area contributed by atoms with Gasteiger partial charge < -0.3 is 15.0 Å². The van der Waals surface area contributed by atoms with E-state index in [1.807, 2.05) is 30.3 Å². The zero-order chi connectivity index (χ0) is 16.8. The van der Waals surface area contributed by atoms with Gasteiger partial charge in [-0.1, -0.05) is 24.3 Å². The first-order chi connectivity index (χ1) is 11.7. The maximum absolute atomic E-state index is 12.9. The van der Waals surface area contributed by atoms with Crippen LogP contribution in [0, 0.1) is 5.82 Å². The highest BCUT2D eigenvalue weighted by molar-refractivity contribution is 5.56. The third-order valence-corrected chi connectivity index (χ3v) is 4.68. The molecule has 2 aromatic rings. The standard InChI is InChI=1S/C20H25FN2O/c1-24-20-5-3-2-4-19(20)22-18-11-14-23(15-12-18)13-10-16-6-8-17(21)9-7-16/h2-9,18,22H,10-15H2,1H3. The van der Waals surface area contributed by atoms with Gasteiger partial charge in [-0.05, 0) is 49.1 Å². The average Bonchev–Trinajstić information content (AvgIpc) is 2.63. The van der Waals surface area contributed by atoms with Crippen molar-refractivity contribution in [3.05, 3.63) is 59.9 Å². The Morgan fingerprint density at radius 2 is 1.79 bits per heavy atom. The fraction of sp³-hybridized carbons (Fsp3) is 0.400. The van der Waals surface area contributed by atoms with Crippen molar-refractivity contribution in [1.82, 2.24) is 4.90 Å². The molecule has 0 saturated carbocycles. The first-order valence-electron chi connectivity index (χ1n) is 8.61. The number of halogens is 1. The molecule has 0 aromatic heterocycles. The number of anilines is 1. The van der Waals surface area contributed by atoms with E-state index in [9.17, 15) is 4.39 Å². The van der Waals surface area contributed by atoms with Crippen LogP contribution in [0.2, 0.25) is 0 Å². The molecule has 1 N–H and O–H groups in total. The highest BCUT2D eigenvalue weighted by Gasteiger charge is 2.19. The number of rotatable bonds is 6. The van der Waals surface area contributed by atoms with Crippen LogP contribution in [-0.2, 0) is 6.42 Å². The number of likely N-dealkylation sites (tertiary alicyclic amines) is 1. The molecule has 128 valence electrons. The monoisotopic (exact) mass is 328 g/mol. The second-order valence-corrected chi connectivity index (χ2v) is 6.34. The van der Waals surface area contributed by atoms with Crippen LogP contribution < -0.4 is 10.1 Å². The fourth-order valence-electron chi connectivity index (χ4n) is 3.22. The molecular formula is C20H25FN2O. The van der Waals surface area contributed by atoms with Crippen molar-refractivity contribution in [1.29, 1.82) is 0 Å². The minimum absolute atomic E-state index is 0.165. The number of hydrogen-bond donors (Lipinski definition) is 1. The molecular weight excluding hydrogens is 303 g/mol. The van der Waals surface area contributed by atoms with E-state index in [0.717, 1.165) is 50.3 Å². The lowest BCUT2D eigenvalue weighted by Crippen LogP contribution is -2.40. The summed E-state index contributed by atoms with van der Waals surface area (Å²) in [7, 11) is 1.71. The molecule has 4 heteroatoms. The maximum Gasteiger partial charge on any atom is 0.141 e. The SMILES string of the molecule is COc1ccccc1NC1CCN(CCc2ccc(F)cc2)CC1. The molecule has 3 nitrogen and oxygen atoms in total. The third-order valence-electron chi connectivity index (χ3n) is 4.68.